The van der Waals surface area contributed by atoms with Gasteiger partial charge in [-0.2, -0.15) is 0 Å². The van der Waals surface area contributed by atoms with Crippen LogP contribution in [0.1, 0.15) is 100 Å². The van der Waals surface area contributed by atoms with Crippen LogP contribution in [0.4, 0.5) is 0 Å². The fourth-order valence-electron chi connectivity index (χ4n) is 5.48. The van der Waals surface area contributed by atoms with Crippen molar-refractivity contribution in [2.24, 2.45) is 35.5 Å². The number of hydrogen-bond acceptors (Lipinski definition) is 2. The summed E-state index contributed by atoms with van der Waals surface area (Å²) in [7, 11) is 0. The molecule has 0 bridgehead atoms. The Balaban J connectivity index is 1.84. The van der Waals surface area contributed by atoms with Crippen LogP contribution in [0.15, 0.2) is 0 Å². The van der Waals surface area contributed by atoms with E-state index in [0.29, 0.717) is 0 Å². The van der Waals surface area contributed by atoms with Crippen molar-refractivity contribution in [3.63, 3.8) is 0 Å². The van der Waals surface area contributed by atoms with E-state index < -0.39 is 0 Å². The van der Waals surface area contributed by atoms with Crippen molar-refractivity contribution in [2.45, 2.75) is 125 Å². The van der Waals surface area contributed by atoms with Gasteiger partial charge in [-0.1, -0.05) is 74.7 Å². The average Bonchev–Trinajstić information content (AvgIpc) is 2.61. The molecule has 0 aromatic rings. The molecular weight excluding hydrogens is 328 g/mol. The smallest absolute Gasteiger partial charge is 0.00954 e. The van der Waals surface area contributed by atoms with E-state index in [1.165, 1.54) is 44.9 Å². The zero-order chi connectivity index (χ0) is 20.1. The topological polar surface area (TPSA) is 24.1 Å². The van der Waals surface area contributed by atoms with Crippen molar-refractivity contribution in [3.05, 3.63) is 0 Å². The third kappa shape index (κ3) is 7.03. The summed E-state index contributed by atoms with van der Waals surface area (Å²) in [5, 5.41) is 7.90. The summed E-state index contributed by atoms with van der Waals surface area (Å²) in [4.78, 5) is 0. The van der Waals surface area contributed by atoms with E-state index in [0.717, 1.165) is 59.7 Å². The first-order valence-corrected chi connectivity index (χ1v) is 12.2. The maximum Gasteiger partial charge on any atom is 0.00954 e. The van der Waals surface area contributed by atoms with Crippen molar-refractivity contribution in [1.82, 2.24) is 10.6 Å². The molecule has 0 aliphatic carbocycles. The van der Waals surface area contributed by atoms with Gasteiger partial charge in [0.25, 0.3) is 0 Å². The van der Waals surface area contributed by atoms with Gasteiger partial charge in [0, 0.05) is 24.2 Å². The normalized spacial score (nSPS) is 35.6. The monoisotopic (exact) mass is 378 g/mol. The summed E-state index contributed by atoms with van der Waals surface area (Å²) >= 11 is 0. The van der Waals surface area contributed by atoms with Crippen LogP contribution < -0.4 is 10.6 Å². The molecule has 2 rings (SSSR count). The second-order valence-electron chi connectivity index (χ2n) is 11.3. The zero-order valence-electron chi connectivity index (χ0n) is 19.7. The Morgan fingerprint density at radius 1 is 0.519 bits per heavy atom. The first-order valence-electron chi connectivity index (χ1n) is 12.2. The van der Waals surface area contributed by atoms with Crippen molar-refractivity contribution in [1.29, 1.82) is 0 Å². The van der Waals surface area contributed by atoms with Gasteiger partial charge in [0.2, 0.25) is 0 Å². The number of nitrogens with one attached hydrogen (secondary N) is 2. The summed E-state index contributed by atoms with van der Waals surface area (Å²) in [5.74, 6) is 4.92. The highest BCUT2D eigenvalue weighted by Crippen LogP contribution is 2.34. The first-order chi connectivity index (χ1) is 12.7. The van der Waals surface area contributed by atoms with Crippen LogP contribution in [0.3, 0.4) is 0 Å². The molecule has 2 nitrogen and oxygen atoms in total. The molecule has 4 unspecified atom stereocenters. The predicted octanol–water partition coefficient (Wildman–Crippen LogP) is 6.25. The molecular formula is C25H50N2. The Morgan fingerprint density at radius 3 is 1.00 bits per heavy atom. The van der Waals surface area contributed by atoms with E-state index in [2.05, 4.69) is 66.0 Å². The standard InChI is InChI=1S/C25H50N2/c1-16(2)22-12-20(13-23(26-22)17(3)4)10-9-11-21-14-24(18(5)6)27-25(15-21)19(7)8/h16-27H,9-15H2,1-8H3. The third-order valence-corrected chi connectivity index (χ3v) is 7.65. The van der Waals surface area contributed by atoms with Gasteiger partial charge in [0.05, 0.1) is 0 Å². The van der Waals surface area contributed by atoms with Crippen LogP contribution in [0, 0.1) is 35.5 Å². The van der Waals surface area contributed by atoms with E-state index in [1.807, 2.05) is 0 Å². The van der Waals surface area contributed by atoms with Gasteiger partial charge in [-0.05, 0) is 61.2 Å². The molecule has 0 aromatic heterocycles. The number of hydrogen-bond donors (Lipinski definition) is 2. The highest BCUT2D eigenvalue weighted by molar-refractivity contribution is 4.90. The van der Waals surface area contributed by atoms with Crippen LogP contribution in [0.25, 0.3) is 0 Å². The summed E-state index contributed by atoms with van der Waals surface area (Å²) in [5.41, 5.74) is 0. The van der Waals surface area contributed by atoms with E-state index in [9.17, 15) is 0 Å². The van der Waals surface area contributed by atoms with Gasteiger partial charge in [0.1, 0.15) is 0 Å². The van der Waals surface area contributed by atoms with Crippen LogP contribution in [0.2, 0.25) is 0 Å². The molecule has 27 heavy (non-hydrogen) atoms. The van der Waals surface area contributed by atoms with E-state index in [4.69, 9.17) is 0 Å². The van der Waals surface area contributed by atoms with Gasteiger partial charge < -0.3 is 10.6 Å². The van der Waals surface area contributed by atoms with Crippen LogP contribution in [0.5, 0.6) is 0 Å². The van der Waals surface area contributed by atoms with E-state index >= 15 is 0 Å². The molecule has 2 fully saturated rings. The molecule has 0 spiro atoms. The molecule has 2 aliphatic rings. The van der Waals surface area contributed by atoms with Gasteiger partial charge in [-0.15, -0.1) is 0 Å². The van der Waals surface area contributed by atoms with Crippen molar-refractivity contribution in [3.8, 4) is 0 Å². The Hall–Kier alpha value is -0.0800. The second-order valence-corrected chi connectivity index (χ2v) is 11.3. The number of piperidine rings is 2. The Bertz CT molecular complexity index is 345. The molecule has 2 saturated heterocycles. The fraction of sp³-hybridized carbons (Fsp3) is 1.00. The summed E-state index contributed by atoms with van der Waals surface area (Å²) in [6, 6.07) is 2.91. The lowest BCUT2D eigenvalue weighted by atomic mass is 9.76. The minimum absolute atomic E-state index is 0.727. The Morgan fingerprint density at radius 2 is 0.778 bits per heavy atom. The second kappa shape index (κ2) is 10.6. The third-order valence-electron chi connectivity index (χ3n) is 7.65. The van der Waals surface area contributed by atoms with Crippen LogP contribution in [-0.4, -0.2) is 24.2 Å². The van der Waals surface area contributed by atoms with E-state index in [1.54, 1.807) is 0 Å². The SMILES string of the molecule is CC(C)C1CC(CCCC2CC(C(C)C)NC(C(C)C)C2)CC(C(C)C)N1. The van der Waals surface area contributed by atoms with Crippen molar-refractivity contribution >= 4 is 0 Å². The fourth-order valence-corrected chi connectivity index (χ4v) is 5.48. The molecule has 4 atom stereocenters. The van der Waals surface area contributed by atoms with Crippen LogP contribution >= 0.6 is 0 Å². The molecule has 160 valence electrons. The molecule has 2 heterocycles. The largest absolute Gasteiger partial charge is 0.311 e. The molecule has 0 radical (unpaired) electrons. The molecule has 2 aliphatic heterocycles. The predicted molar refractivity (Wildman–Crippen MR) is 120 cm³/mol. The Labute approximate surface area is 171 Å². The minimum Gasteiger partial charge on any atom is -0.311 e. The lowest BCUT2D eigenvalue weighted by Gasteiger charge is -2.41. The molecule has 2 N–H and O–H groups in total. The lowest BCUT2D eigenvalue weighted by molar-refractivity contribution is 0.151. The van der Waals surface area contributed by atoms with Gasteiger partial charge >= 0.3 is 0 Å². The Kier molecular flexibility index (Phi) is 9.13. The number of rotatable bonds is 8. The quantitative estimate of drug-likeness (QED) is 0.521. The van der Waals surface area contributed by atoms with Gasteiger partial charge in [0.15, 0.2) is 0 Å². The van der Waals surface area contributed by atoms with Gasteiger partial charge in [-0.3, -0.25) is 0 Å². The highest BCUT2D eigenvalue weighted by atomic mass is 15.0. The molecule has 0 saturated carbocycles. The average molecular weight is 379 g/mol. The van der Waals surface area contributed by atoms with Crippen LogP contribution in [-0.2, 0) is 0 Å². The highest BCUT2D eigenvalue weighted by Gasteiger charge is 2.33. The van der Waals surface area contributed by atoms with Crippen molar-refractivity contribution in [2.75, 3.05) is 0 Å². The zero-order valence-corrected chi connectivity index (χ0v) is 19.7. The summed E-state index contributed by atoms with van der Waals surface area (Å²) in [6.07, 6.45) is 9.95. The van der Waals surface area contributed by atoms with Crippen molar-refractivity contribution < 1.29 is 0 Å². The maximum atomic E-state index is 3.95. The minimum atomic E-state index is 0.727. The van der Waals surface area contributed by atoms with E-state index in [-0.39, 0.29) is 0 Å². The van der Waals surface area contributed by atoms with Gasteiger partial charge in [-0.25, -0.2) is 0 Å². The molecule has 2 heteroatoms. The summed E-state index contributed by atoms with van der Waals surface area (Å²) < 4.78 is 0. The maximum absolute atomic E-state index is 3.95. The lowest BCUT2D eigenvalue weighted by Crippen LogP contribution is -2.50. The first kappa shape index (κ1) is 23.2. The molecule has 0 amide bonds. The molecule has 0 aromatic carbocycles. The summed E-state index contributed by atoms with van der Waals surface area (Å²) in [6.45, 7) is 19.1.